The van der Waals surface area contributed by atoms with Crippen LogP contribution < -0.4 is 5.73 Å². The molecule has 0 aliphatic heterocycles. The molecule has 3 heteroatoms. The van der Waals surface area contributed by atoms with E-state index in [2.05, 4.69) is 12.1 Å². The van der Waals surface area contributed by atoms with Gasteiger partial charge in [-0.1, -0.05) is 45.0 Å². The van der Waals surface area contributed by atoms with Crippen LogP contribution in [0.1, 0.15) is 41.6 Å². The average Bonchev–Trinajstić information content (AvgIpc) is 2.81. The van der Waals surface area contributed by atoms with Gasteiger partial charge >= 0.3 is 0 Å². The van der Waals surface area contributed by atoms with Crippen LogP contribution in [0.4, 0.5) is 5.00 Å². The number of rotatable bonds is 1. The molecule has 0 radical (unpaired) electrons. The molecular formula is C16H17NOS. The molecule has 2 N–H and O–H groups in total. The van der Waals surface area contributed by atoms with Crippen molar-refractivity contribution in [3.8, 4) is 11.1 Å². The van der Waals surface area contributed by atoms with E-state index in [0.29, 0.717) is 5.00 Å². The van der Waals surface area contributed by atoms with Gasteiger partial charge in [0.25, 0.3) is 0 Å². The van der Waals surface area contributed by atoms with Crippen LogP contribution in [-0.4, -0.2) is 5.78 Å². The highest BCUT2D eigenvalue weighted by atomic mass is 32.1. The predicted molar refractivity (Wildman–Crippen MR) is 80.8 cm³/mol. The highest BCUT2D eigenvalue weighted by Gasteiger charge is 2.33. The van der Waals surface area contributed by atoms with E-state index < -0.39 is 5.41 Å². The summed E-state index contributed by atoms with van der Waals surface area (Å²) in [5.41, 5.74) is 9.99. The Kier molecular flexibility index (Phi) is 2.58. The Balaban J connectivity index is 2.24. The monoisotopic (exact) mass is 271 g/mol. The Labute approximate surface area is 117 Å². The van der Waals surface area contributed by atoms with E-state index in [1.54, 1.807) is 11.3 Å². The SMILES string of the molecule is CC(C)(C)C(=O)c1c(N)sc2c1-c1ccccc1C2. The number of carbonyl (C=O) groups is 1. The van der Waals surface area contributed by atoms with Gasteiger partial charge in [0.1, 0.15) is 0 Å². The third-order valence-electron chi connectivity index (χ3n) is 3.55. The standard InChI is InChI=1S/C16H17NOS/c1-16(2,3)14(18)13-12-10-7-5-4-6-9(10)8-11(12)19-15(13)17/h4-7H,8,17H2,1-3H3. The predicted octanol–water partition coefficient (Wildman–Crippen LogP) is 4.13. The minimum atomic E-state index is -0.402. The maximum absolute atomic E-state index is 12.6. The topological polar surface area (TPSA) is 43.1 Å². The van der Waals surface area contributed by atoms with Crippen molar-refractivity contribution < 1.29 is 4.79 Å². The number of nitrogens with two attached hydrogens (primary N) is 1. The van der Waals surface area contributed by atoms with Gasteiger partial charge in [0.05, 0.1) is 10.6 Å². The third kappa shape index (κ3) is 1.80. The summed E-state index contributed by atoms with van der Waals surface area (Å²) >= 11 is 1.56. The molecule has 1 aliphatic carbocycles. The average molecular weight is 271 g/mol. The van der Waals surface area contributed by atoms with E-state index in [4.69, 9.17) is 5.73 Å². The van der Waals surface area contributed by atoms with E-state index >= 15 is 0 Å². The molecule has 0 saturated carbocycles. The lowest BCUT2D eigenvalue weighted by molar-refractivity contribution is 0.0860. The van der Waals surface area contributed by atoms with Gasteiger partial charge in [0.15, 0.2) is 5.78 Å². The minimum Gasteiger partial charge on any atom is -0.390 e. The highest BCUT2D eigenvalue weighted by Crippen LogP contribution is 2.47. The first kappa shape index (κ1) is 12.4. The maximum atomic E-state index is 12.6. The summed E-state index contributed by atoms with van der Waals surface area (Å²) in [6.45, 7) is 5.83. The van der Waals surface area contributed by atoms with Gasteiger partial charge in [-0.15, -0.1) is 11.3 Å². The number of fused-ring (bicyclic) bond motifs is 3. The van der Waals surface area contributed by atoms with Crippen molar-refractivity contribution in [2.45, 2.75) is 27.2 Å². The lowest BCUT2D eigenvalue weighted by Gasteiger charge is -2.17. The fourth-order valence-corrected chi connectivity index (χ4v) is 3.70. The Hall–Kier alpha value is -1.61. The largest absolute Gasteiger partial charge is 0.390 e. The van der Waals surface area contributed by atoms with Crippen LogP contribution in [-0.2, 0) is 6.42 Å². The quantitative estimate of drug-likeness (QED) is 0.676. The second-order valence-corrected chi connectivity index (χ2v) is 7.19. The summed E-state index contributed by atoms with van der Waals surface area (Å²) in [4.78, 5) is 13.9. The molecule has 1 aliphatic rings. The third-order valence-corrected chi connectivity index (χ3v) is 4.57. The van der Waals surface area contributed by atoms with Gasteiger partial charge in [-0.2, -0.15) is 0 Å². The molecule has 1 heterocycles. The fourth-order valence-electron chi connectivity index (χ4n) is 2.60. The van der Waals surface area contributed by atoms with Gasteiger partial charge in [0, 0.05) is 22.3 Å². The van der Waals surface area contributed by atoms with Crippen molar-refractivity contribution in [1.29, 1.82) is 0 Å². The normalized spacial score (nSPS) is 13.2. The summed E-state index contributed by atoms with van der Waals surface area (Å²) in [5, 5.41) is 0.666. The Morgan fingerprint density at radius 1 is 1.26 bits per heavy atom. The number of Topliss-reactive ketones (excluding diaryl/α,β-unsaturated/α-hetero) is 1. The van der Waals surface area contributed by atoms with E-state index in [1.165, 1.54) is 16.0 Å². The molecule has 0 bridgehead atoms. The second kappa shape index (κ2) is 3.94. The Morgan fingerprint density at radius 2 is 1.95 bits per heavy atom. The summed E-state index contributed by atoms with van der Waals surface area (Å²) in [6, 6.07) is 8.29. The molecule has 0 fully saturated rings. The Morgan fingerprint density at radius 3 is 2.63 bits per heavy atom. The number of hydrogen-bond donors (Lipinski definition) is 1. The van der Waals surface area contributed by atoms with E-state index in [-0.39, 0.29) is 5.78 Å². The molecule has 2 aromatic rings. The van der Waals surface area contributed by atoms with Gasteiger partial charge in [-0.25, -0.2) is 0 Å². The number of anilines is 1. The molecule has 98 valence electrons. The first-order valence-electron chi connectivity index (χ1n) is 6.44. The number of ketones is 1. The van der Waals surface area contributed by atoms with Crippen LogP contribution in [0.2, 0.25) is 0 Å². The van der Waals surface area contributed by atoms with Crippen LogP contribution >= 0.6 is 11.3 Å². The molecule has 2 nitrogen and oxygen atoms in total. The van der Waals surface area contributed by atoms with E-state index in [1.807, 2.05) is 32.9 Å². The molecule has 19 heavy (non-hydrogen) atoms. The number of nitrogen functional groups attached to an aromatic ring is 1. The highest BCUT2D eigenvalue weighted by molar-refractivity contribution is 7.17. The minimum absolute atomic E-state index is 0.138. The van der Waals surface area contributed by atoms with Crippen molar-refractivity contribution in [2.75, 3.05) is 5.73 Å². The number of thiophene rings is 1. The summed E-state index contributed by atoms with van der Waals surface area (Å²) in [6.07, 6.45) is 0.901. The Bertz CT molecular complexity index is 677. The van der Waals surface area contributed by atoms with Crippen LogP contribution in [0.15, 0.2) is 24.3 Å². The van der Waals surface area contributed by atoms with Crippen LogP contribution in [0, 0.1) is 5.41 Å². The molecule has 1 aromatic carbocycles. The molecule has 0 atom stereocenters. The number of carbonyl (C=O) groups excluding carboxylic acids is 1. The molecule has 0 unspecified atom stereocenters. The number of benzene rings is 1. The fraction of sp³-hybridized carbons (Fsp3) is 0.312. The summed E-state index contributed by atoms with van der Waals surface area (Å²) in [5.74, 6) is 0.138. The zero-order valence-corrected chi connectivity index (χ0v) is 12.2. The molecule has 0 saturated heterocycles. The van der Waals surface area contributed by atoms with Crippen LogP contribution in [0.5, 0.6) is 0 Å². The molecular weight excluding hydrogens is 254 g/mol. The van der Waals surface area contributed by atoms with Gasteiger partial charge in [-0.3, -0.25) is 4.79 Å². The first-order valence-corrected chi connectivity index (χ1v) is 7.25. The molecule has 1 aromatic heterocycles. The van der Waals surface area contributed by atoms with Crippen molar-refractivity contribution >= 4 is 22.1 Å². The summed E-state index contributed by atoms with van der Waals surface area (Å²) < 4.78 is 0. The zero-order chi connectivity index (χ0) is 13.8. The summed E-state index contributed by atoms with van der Waals surface area (Å²) in [7, 11) is 0. The van der Waals surface area contributed by atoms with E-state index in [0.717, 1.165) is 17.5 Å². The maximum Gasteiger partial charge on any atom is 0.171 e. The number of hydrogen-bond acceptors (Lipinski definition) is 3. The van der Waals surface area contributed by atoms with Gasteiger partial charge in [-0.05, 0) is 11.1 Å². The molecule has 0 amide bonds. The first-order chi connectivity index (χ1) is 8.89. The second-order valence-electron chi connectivity index (χ2n) is 6.05. The van der Waals surface area contributed by atoms with Crippen molar-refractivity contribution in [3.63, 3.8) is 0 Å². The van der Waals surface area contributed by atoms with Crippen molar-refractivity contribution in [1.82, 2.24) is 0 Å². The van der Waals surface area contributed by atoms with Gasteiger partial charge in [0.2, 0.25) is 0 Å². The van der Waals surface area contributed by atoms with Crippen molar-refractivity contribution in [3.05, 3.63) is 40.3 Å². The zero-order valence-electron chi connectivity index (χ0n) is 11.4. The lowest BCUT2D eigenvalue weighted by atomic mass is 9.85. The van der Waals surface area contributed by atoms with Crippen LogP contribution in [0.25, 0.3) is 11.1 Å². The molecule has 3 rings (SSSR count). The molecule has 0 spiro atoms. The van der Waals surface area contributed by atoms with Crippen molar-refractivity contribution in [2.24, 2.45) is 5.41 Å². The van der Waals surface area contributed by atoms with E-state index in [9.17, 15) is 4.79 Å². The smallest absolute Gasteiger partial charge is 0.171 e. The van der Waals surface area contributed by atoms with Crippen LogP contribution in [0.3, 0.4) is 0 Å². The lowest BCUT2D eigenvalue weighted by Crippen LogP contribution is -2.21. The van der Waals surface area contributed by atoms with Gasteiger partial charge < -0.3 is 5.73 Å².